The van der Waals surface area contributed by atoms with Gasteiger partial charge in [0.2, 0.25) is 0 Å². The lowest BCUT2D eigenvalue weighted by atomic mass is 10.1. The Morgan fingerprint density at radius 1 is 1.40 bits per heavy atom. The maximum atomic E-state index is 9.54. The third-order valence-corrected chi connectivity index (χ3v) is 2.45. The van der Waals surface area contributed by atoms with Gasteiger partial charge < -0.3 is 19.3 Å². The Balaban J connectivity index is 2.08. The molecule has 7 nitrogen and oxygen atoms in total. The molecule has 15 heavy (non-hydrogen) atoms. The van der Waals surface area contributed by atoms with Crippen LogP contribution in [0.15, 0.2) is 5.11 Å². The van der Waals surface area contributed by atoms with E-state index in [2.05, 4.69) is 10.0 Å². The van der Waals surface area contributed by atoms with Crippen molar-refractivity contribution in [1.82, 2.24) is 0 Å². The molecule has 84 valence electrons. The summed E-state index contributed by atoms with van der Waals surface area (Å²) in [4.78, 5) is 2.64. The SMILES string of the molecule is CC1(C)O[C@@H]2[C@H](O1)[C@@H](CN=[N+]=[N-])O[C@H]2O. The predicted molar refractivity (Wildman–Crippen MR) is 48.7 cm³/mol. The van der Waals surface area contributed by atoms with Crippen LogP contribution in [-0.2, 0) is 14.2 Å². The molecule has 0 aromatic heterocycles. The lowest BCUT2D eigenvalue weighted by Gasteiger charge is -2.21. The van der Waals surface area contributed by atoms with Crippen LogP contribution in [0.25, 0.3) is 10.4 Å². The number of fused-ring (bicyclic) bond motifs is 1. The highest BCUT2D eigenvalue weighted by Crippen LogP contribution is 2.37. The number of aliphatic hydroxyl groups is 1. The summed E-state index contributed by atoms with van der Waals surface area (Å²) in [5.74, 6) is -0.727. The molecule has 0 aromatic carbocycles. The zero-order chi connectivity index (χ0) is 11.1. The number of rotatable bonds is 2. The van der Waals surface area contributed by atoms with E-state index in [0.29, 0.717) is 0 Å². The lowest BCUT2D eigenvalue weighted by Crippen LogP contribution is -2.31. The second kappa shape index (κ2) is 3.62. The van der Waals surface area contributed by atoms with Crippen LogP contribution in [0.5, 0.6) is 0 Å². The van der Waals surface area contributed by atoms with Crippen molar-refractivity contribution in [2.45, 2.75) is 44.2 Å². The van der Waals surface area contributed by atoms with Crippen LogP contribution in [0.4, 0.5) is 0 Å². The third-order valence-electron chi connectivity index (χ3n) is 2.45. The summed E-state index contributed by atoms with van der Waals surface area (Å²) < 4.78 is 16.2. The first-order valence-corrected chi connectivity index (χ1v) is 4.73. The van der Waals surface area contributed by atoms with Crippen LogP contribution >= 0.6 is 0 Å². The maximum absolute atomic E-state index is 9.54. The van der Waals surface area contributed by atoms with Crippen molar-refractivity contribution < 1.29 is 19.3 Å². The first-order chi connectivity index (χ1) is 7.03. The fourth-order valence-electron chi connectivity index (χ4n) is 1.92. The molecular weight excluding hydrogens is 202 g/mol. The third kappa shape index (κ3) is 1.92. The molecule has 2 heterocycles. The van der Waals surface area contributed by atoms with Crippen molar-refractivity contribution in [3.8, 4) is 0 Å². The molecule has 4 atom stereocenters. The Bertz CT molecular complexity index is 302. The van der Waals surface area contributed by atoms with Crippen LogP contribution in [0, 0.1) is 0 Å². The average molecular weight is 215 g/mol. The standard InChI is InChI=1S/C8H13N3O4/c1-8(2)14-5-4(3-10-11-9)13-7(12)6(5)15-8/h4-7,12H,3H2,1-2H3/t4-,5-,6-,7-/m1/s1. The minimum atomic E-state index is -1.02. The monoisotopic (exact) mass is 215 g/mol. The van der Waals surface area contributed by atoms with Crippen LogP contribution in [0.2, 0.25) is 0 Å². The highest BCUT2D eigenvalue weighted by molar-refractivity contribution is 4.95. The van der Waals surface area contributed by atoms with E-state index in [1.807, 2.05) is 0 Å². The van der Waals surface area contributed by atoms with Gasteiger partial charge in [0.25, 0.3) is 0 Å². The molecule has 0 bridgehead atoms. The fraction of sp³-hybridized carbons (Fsp3) is 1.00. The summed E-state index contributed by atoms with van der Waals surface area (Å²) in [5, 5.41) is 12.9. The quantitative estimate of drug-likeness (QED) is 0.413. The first-order valence-electron chi connectivity index (χ1n) is 4.73. The molecule has 0 amide bonds. The minimum Gasteiger partial charge on any atom is -0.366 e. The van der Waals surface area contributed by atoms with E-state index in [1.165, 1.54) is 0 Å². The number of hydrogen-bond donors (Lipinski definition) is 1. The highest BCUT2D eigenvalue weighted by Gasteiger charge is 2.54. The van der Waals surface area contributed by atoms with Crippen LogP contribution in [0.3, 0.4) is 0 Å². The summed E-state index contributed by atoms with van der Waals surface area (Å²) in [6.07, 6.45) is -2.34. The Labute approximate surface area is 86.6 Å². The van der Waals surface area contributed by atoms with Crippen LogP contribution in [-0.4, -0.2) is 42.0 Å². The van der Waals surface area contributed by atoms with E-state index in [9.17, 15) is 5.11 Å². The fourth-order valence-corrected chi connectivity index (χ4v) is 1.92. The van der Waals surface area contributed by atoms with Gasteiger partial charge >= 0.3 is 0 Å². The van der Waals surface area contributed by atoms with Crippen LogP contribution < -0.4 is 0 Å². The summed E-state index contributed by atoms with van der Waals surface area (Å²) >= 11 is 0. The van der Waals surface area contributed by atoms with Gasteiger partial charge in [0, 0.05) is 4.91 Å². The molecule has 0 radical (unpaired) electrons. The van der Waals surface area contributed by atoms with Gasteiger partial charge in [-0.2, -0.15) is 0 Å². The summed E-state index contributed by atoms with van der Waals surface area (Å²) in [7, 11) is 0. The van der Waals surface area contributed by atoms with Crippen molar-refractivity contribution in [3.05, 3.63) is 10.4 Å². The molecule has 2 rings (SSSR count). The second-order valence-corrected chi connectivity index (χ2v) is 4.04. The zero-order valence-electron chi connectivity index (χ0n) is 8.53. The van der Waals surface area contributed by atoms with E-state index in [4.69, 9.17) is 19.7 Å². The van der Waals surface area contributed by atoms with Crippen LogP contribution in [0.1, 0.15) is 13.8 Å². The molecule has 0 saturated carbocycles. The van der Waals surface area contributed by atoms with Crippen molar-refractivity contribution >= 4 is 0 Å². The normalized spacial score (nSPS) is 42.3. The van der Waals surface area contributed by atoms with Crippen molar-refractivity contribution in [2.75, 3.05) is 6.54 Å². The highest BCUT2D eigenvalue weighted by atomic mass is 16.8. The van der Waals surface area contributed by atoms with Gasteiger partial charge in [-0.05, 0) is 19.4 Å². The van der Waals surface area contributed by atoms with E-state index < -0.39 is 24.3 Å². The Morgan fingerprint density at radius 3 is 2.73 bits per heavy atom. The molecular formula is C8H13N3O4. The lowest BCUT2D eigenvalue weighted by molar-refractivity contribution is -0.218. The Kier molecular flexibility index (Phi) is 2.57. The number of nitrogens with zero attached hydrogens (tertiary/aromatic N) is 3. The number of ether oxygens (including phenoxy) is 3. The topological polar surface area (TPSA) is 96.7 Å². The summed E-state index contributed by atoms with van der Waals surface area (Å²) in [6.45, 7) is 3.67. The molecule has 0 spiro atoms. The number of azide groups is 1. The minimum absolute atomic E-state index is 0.133. The van der Waals surface area contributed by atoms with Gasteiger partial charge in [-0.15, -0.1) is 0 Å². The molecule has 2 fully saturated rings. The maximum Gasteiger partial charge on any atom is 0.184 e. The molecule has 1 N–H and O–H groups in total. The van der Waals surface area contributed by atoms with Crippen molar-refractivity contribution in [3.63, 3.8) is 0 Å². The smallest absolute Gasteiger partial charge is 0.184 e. The molecule has 2 saturated heterocycles. The first kappa shape index (κ1) is 10.7. The molecule has 7 heteroatoms. The molecule has 0 aromatic rings. The zero-order valence-corrected chi connectivity index (χ0v) is 8.53. The molecule has 0 aliphatic carbocycles. The Hall–Kier alpha value is -0.850. The predicted octanol–water partition coefficient (Wildman–Crippen LogP) is 0.534. The molecule has 2 aliphatic rings. The average Bonchev–Trinajstić information content (AvgIpc) is 2.60. The number of hydrogen-bond acceptors (Lipinski definition) is 5. The largest absolute Gasteiger partial charge is 0.366 e. The van der Waals surface area contributed by atoms with Gasteiger partial charge in [0.15, 0.2) is 12.1 Å². The van der Waals surface area contributed by atoms with E-state index in [1.54, 1.807) is 13.8 Å². The van der Waals surface area contributed by atoms with Gasteiger partial charge in [-0.25, -0.2) is 0 Å². The number of aliphatic hydroxyl groups excluding tert-OH is 1. The van der Waals surface area contributed by atoms with E-state index in [0.717, 1.165) is 0 Å². The summed E-state index contributed by atoms with van der Waals surface area (Å²) in [6, 6.07) is 0. The van der Waals surface area contributed by atoms with E-state index in [-0.39, 0.29) is 12.6 Å². The molecule has 2 aliphatic heterocycles. The van der Waals surface area contributed by atoms with Gasteiger partial charge in [-0.3, -0.25) is 0 Å². The second-order valence-electron chi connectivity index (χ2n) is 4.04. The van der Waals surface area contributed by atoms with Crippen molar-refractivity contribution in [2.24, 2.45) is 5.11 Å². The van der Waals surface area contributed by atoms with Gasteiger partial charge in [0.05, 0.1) is 12.6 Å². The van der Waals surface area contributed by atoms with E-state index >= 15 is 0 Å². The van der Waals surface area contributed by atoms with Crippen molar-refractivity contribution in [1.29, 1.82) is 0 Å². The Morgan fingerprint density at radius 2 is 2.07 bits per heavy atom. The van der Waals surface area contributed by atoms with Gasteiger partial charge in [0.1, 0.15) is 12.2 Å². The summed E-state index contributed by atoms with van der Waals surface area (Å²) in [5.41, 5.74) is 8.20. The molecule has 0 unspecified atom stereocenters. The van der Waals surface area contributed by atoms with Gasteiger partial charge in [-0.1, -0.05) is 5.11 Å².